The van der Waals surface area contributed by atoms with E-state index in [0.717, 1.165) is 0 Å². The van der Waals surface area contributed by atoms with Gasteiger partial charge in [-0.2, -0.15) is 0 Å². The Labute approximate surface area is 137 Å². The van der Waals surface area contributed by atoms with E-state index in [4.69, 9.17) is 0 Å². The van der Waals surface area contributed by atoms with Gasteiger partial charge in [-0.1, -0.05) is 0 Å². The Morgan fingerprint density at radius 1 is 1.05 bits per heavy atom. The first-order chi connectivity index (χ1) is 7.64. The van der Waals surface area contributed by atoms with Crippen LogP contribution in [-0.4, -0.2) is 5.54 Å². The SMILES string of the molecule is CC1=C(C)C(C)(C)C(NC(C)(C)C)=[C]1[Ti+2]1[CH2][CH2]1.[Cl-].[Cl-]. The number of halogens is 2. The topological polar surface area (TPSA) is 12.0 Å². The Balaban J connectivity index is 0.00000162. The molecule has 2 aliphatic rings. The summed E-state index contributed by atoms with van der Waals surface area (Å²) in [5.41, 5.74) is 5.18. The summed E-state index contributed by atoms with van der Waals surface area (Å²) in [6.07, 6.45) is 0. The van der Waals surface area contributed by atoms with Gasteiger partial charge in [0, 0.05) is 0 Å². The number of allylic oxidation sites excluding steroid dienone is 3. The molecule has 4 heteroatoms. The normalized spacial score (nSPS) is 21.1. The minimum atomic E-state index is -0.814. The summed E-state index contributed by atoms with van der Waals surface area (Å²) in [6, 6.07) is 0. The van der Waals surface area contributed by atoms with Crippen molar-refractivity contribution in [3.63, 3.8) is 0 Å². The summed E-state index contributed by atoms with van der Waals surface area (Å²) in [5, 5.41) is 3.82. The van der Waals surface area contributed by atoms with Gasteiger partial charge in [-0.15, -0.1) is 0 Å². The monoisotopic (exact) mass is 338 g/mol. The molecule has 1 fully saturated rings. The number of hydrogen-bond donors (Lipinski definition) is 1. The zero-order valence-corrected chi connectivity index (χ0v) is 16.2. The average Bonchev–Trinajstić information content (AvgIpc) is 2.94. The maximum Gasteiger partial charge on any atom is -1.00 e. The Bertz CT molecular complexity index is 412. The van der Waals surface area contributed by atoms with Crippen LogP contribution in [0.25, 0.3) is 0 Å². The predicted octanol–water partition coefficient (Wildman–Crippen LogP) is -1.56. The van der Waals surface area contributed by atoms with Crippen LogP contribution in [-0.2, 0) is 17.9 Å². The molecule has 1 N–H and O–H groups in total. The van der Waals surface area contributed by atoms with Crippen LogP contribution < -0.4 is 30.1 Å². The smallest absolute Gasteiger partial charge is 1.00 e. The van der Waals surface area contributed by atoms with E-state index in [9.17, 15) is 0 Å². The Kier molecular flexibility index (Phi) is 6.32. The van der Waals surface area contributed by atoms with E-state index in [1.807, 2.05) is 0 Å². The average molecular weight is 339 g/mol. The van der Waals surface area contributed by atoms with Crippen LogP contribution in [0.1, 0.15) is 48.5 Å². The first-order valence-corrected chi connectivity index (χ1v) is 9.70. The minimum absolute atomic E-state index is 0. The molecule has 1 aliphatic heterocycles. The largest absolute Gasteiger partial charge is 1.00 e. The molecule has 109 valence electrons. The van der Waals surface area contributed by atoms with E-state index < -0.39 is 17.9 Å². The van der Waals surface area contributed by atoms with Crippen LogP contribution in [0.5, 0.6) is 0 Å². The summed E-state index contributed by atoms with van der Waals surface area (Å²) in [4.78, 5) is 0. The molecule has 0 aromatic rings. The van der Waals surface area contributed by atoms with Gasteiger partial charge in [0.1, 0.15) is 0 Å². The number of nitrogens with one attached hydrogen (secondary N) is 1. The van der Waals surface area contributed by atoms with Gasteiger partial charge in [0.15, 0.2) is 0 Å². The van der Waals surface area contributed by atoms with Crippen molar-refractivity contribution in [2.45, 2.75) is 63.5 Å². The summed E-state index contributed by atoms with van der Waals surface area (Å²) >= 11 is -0.814. The molecule has 0 bridgehead atoms. The molecular formula is C15H26Cl2NTi. The standard InChI is InChI=1S/C13H22N.C2H4.2ClH.Ti/c1-9-8-11(14-12(3,4)5)13(6,7)10(9)2;1-2;;;/h14H,1-7H3;1-2H2;2*1H;/q;;;;+2/p-2. The molecule has 1 aliphatic carbocycles. The van der Waals surface area contributed by atoms with Crippen molar-refractivity contribution < 1.29 is 42.7 Å². The van der Waals surface area contributed by atoms with Crippen LogP contribution in [0, 0.1) is 5.41 Å². The molecule has 19 heavy (non-hydrogen) atoms. The fourth-order valence-electron chi connectivity index (χ4n) is 2.69. The molecule has 0 atom stereocenters. The van der Waals surface area contributed by atoms with Gasteiger partial charge in [0.2, 0.25) is 0 Å². The summed E-state index contributed by atoms with van der Waals surface area (Å²) in [6.45, 7) is 16.3. The van der Waals surface area contributed by atoms with Crippen LogP contribution in [0.3, 0.4) is 0 Å². The number of rotatable bonds is 2. The first kappa shape index (κ1) is 19.6. The van der Waals surface area contributed by atoms with Crippen molar-refractivity contribution >= 4 is 0 Å². The van der Waals surface area contributed by atoms with Gasteiger partial charge in [-0.05, 0) is 0 Å². The molecule has 1 nitrogen and oxygen atoms in total. The fraction of sp³-hybridized carbons (Fsp3) is 0.733. The molecule has 0 aromatic carbocycles. The van der Waals surface area contributed by atoms with Crippen molar-refractivity contribution in [2.75, 3.05) is 0 Å². The summed E-state index contributed by atoms with van der Waals surface area (Å²) in [7, 11) is 0. The Hall–Kier alpha value is 0.574. The fourth-order valence-corrected chi connectivity index (χ4v) is 6.73. The minimum Gasteiger partial charge on any atom is -1.00 e. The zero-order valence-electron chi connectivity index (χ0n) is 13.2. The molecule has 0 unspecified atom stereocenters. The van der Waals surface area contributed by atoms with Crippen LogP contribution in [0.4, 0.5) is 0 Å². The van der Waals surface area contributed by atoms with Crippen molar-refractivity contribution in [2.24, 2.45) is 5.41 Å². The van der Waals surface area contributed by atoms with Crippen molar-refractivity contribution in [3.8, 4) is 0 Å². The van der Waals surface area contributed by atoms with Crippen molar-refractivity contribution in [1.82, 2.24) is 5.32 Å². The molecule has 1 saturated heterocycles. The molecule has 0 spiro atoms. The van der Waals surface area contributed by atoms with Crippen molar-refractivity contribution in [3.05, 3.63) is 20.7 Å². The summed E-state index contributed by atoms with van der Waals surface area (Å²) < 4.78 is 4.89. The van der Waals surface area contributed by atoms with Gasteiger partial charge >= 0.3 is 113 Å². The van der Waals surface area contributed by atoms with E-state index >= 15 is 0 Å². The first-order valence-electron chi connectivity index (χ1n) is 6.71. The third kappa shape index (κ3) is 3.81. The summed E-state index contributed by atoms with van der Waals surface area (Å²) in [5.74, 6) is 0. The molecule has 0 amide bonds. The molecule has 0 radical (unpaired) electrons. The Morgan fingerprint density at radius 3 is 1.89 bits per heavy atom. The van der Waals surface area contributed by atoms with E-state index in [0.29, 0.717) is 0 Å². The third-order valence-corrected chi connectivity index (χ3v) is 7.75. The van der Waals surface area contributed by atoms with Gasteiger partial charge in [-0.3, -0.25) is 0 Å². The second-order valence-corrected chi connectivity index (χ2v) is 11.3. The number of hydrogen-bond acceptors (Lipinski definition) is 1. The molecule has 2 rings (SSSR count). The molecule has 0 saturated carbocycles. The maximum atomic E-state index is 3.82. The molecular weight excluding hydrogens is 313 g/mol. The zero-order chi connectivity index (χ0) is 13.0. The van der Waals surface area contributed by atoms with E-state index in [1.54, 1.807) is 30.2 Å². The van der Waals surface area contributed by atoms with Gasteiger partial charge in [-0.25, -0.2) is 0 Å². The van der Waals surface area contributed by atoms with Crippen LogP contribution in [0.2, 0.25) is 9.45 Å². The van der Waals surface area contributed by atoms with Gasteiger partial charge in [0.05, 0.1) is 0 Å². The van der Waals surface area contributed by atoms with E-state index in [1.165, 1.54) is 0 Å². The maximum absolute atomic E-state index is 3.82. The quantitative estimate of drug-likeness (QED) is 0.600. The predicted molar refractivity (Wildman–Crippen MR) is 71.7 cm³/mol. The molecule has 0 aromatic heterocycles. The van der Waals surface area contributed by atoms with Crippen molar-refractivity contribution in [1.29, 1.82) is 0 Å². The molecule has 1 heterocycles. The van der Waals surface area contributed by atoms with Crippen LogP contribution >= 0.6 is 0 Å². The second kappa shape index (κ2) is 6.14. The van der Waals surface area contributed by atoms with Crippen LogP contribution in [0.15, 0.2) is 20.7 Å². The second-order valence-electron chi connectivity index (χ2n) is 7.10. The van der Waals surface area contributed by atoms with Gasteiger partial charge in [0.25, 0.3) is 0 Å². The van der Waals surface area contributed by atoms with E-state index in [-0.39, 0.29) is 35.8 Å². The van der Waals surface area contributed by atoms with Gasteiger partial charge < -0.3 is 24.8 Å². The Morgan fingerprint density at radius 2 is 1.53 bits per heavy atom. The van der Waals surface area contributed by atoms with E-state index in [2.05, 4.69) is 53.8 Å². The third-order valence-electron chi connectivity index (χ3n) is 4.10.